The summed E-state index contributed by atoms with van der Waals surface area (Å²) in [6.07, 6.45) is 7.27. The van der Waals surface area contributed by atoms with Crippen LogP contribution < -0.4 is 5.32 Å². The van der Waals surface area contributed by atoms with E-state index in [0.29, 0.717) is 6.61 Å². The summed E-state index contributed by atoms with van der Waals surface area (Å²) in [7, 11) is 0. The average molecular weight is 228 g/mol. The van der Waals surface area contributed by atoms with E-state index in [1.807, 2.05) is 0 Å². The molecule has 0 spiro atoms. The first-order valence-corrected chi connectivity index (χ1v) is 6.93. The number of rotatable bonds is 7. The number of nitrogens with one attached hydrogen (secondary N) is 1. The van der Waals surface area contributed by atoms with Gasteiger partial charge in [0.25, 0.3) is 0 Å². The van der Waals surface area contributed by atoms with Crippen LogP contribution in [-0.2, 0) is 0 Å². The Morgan fingerprint density at radius 1 is 1.19 bits per heavy atom. The lowest BCUT2D eigenvalue weighted by molar-refractivity contribution is 0.281. The maximum atomic E-state index is 8.68. The maximum Gasteiger partial charge on any atom is 0.0431 e. The molecule has 0 bridgehead atoms. The summed E-state index contributed by atoms with van der Waals surface area (Å²) in [6.45, 7) is 7.45. The monoisotopic (exact) mass is 228 g/mol. The van der Waals surface area contributed by atoms with Gasteiger partial charge in [-0.05, 0) is 64.7 Å². The lowest BCUT2D eigenvalue weighted by atomic mass is 10.1. The van der Waals surface area contributed by atoms with Gasteiger partial charge in [0.1, 0.15) is 0 Å². The summed E-state index contributed by atoms with van der Waals surface area (Å²) in [5.74, 6) is 0. The van der Waals surface area contributed by atoms with E-state index in [2.05, 4.69) is 17.1 Å². The van der Waals surface area contributed by atoms with Crippen molar-refractivity contribution in [1.29, 1.82) is 0 Å². The van der Waals surface area contributed by atoms with E-state index < -0.39 is 0 Å². The Kier molecular flexibility index (Phi) is 7.81. The molecule has 0 saturated carbocycles. The predicted molar refractivity (Wildman–Crippen MR) is 68.7 cm³/mol. The third kappa shape index (κ3) is 5.83. The second-order valence-electron chi connectivity index (χ2n) is 4.80. The van der Waals surface area contributed by atoms with Crippen molar-refractivity contribution in [3.8, 4) is 0 Å². The van der Waals surface area contributed by atoms with Crippen LogP contribution in [0.2, 0.25) is 0 Å². The van der Waals surface area contributed by atoms with Gasteiger partial charge in [-0.1, -0.05) is 6.92 Å². The van der Waals surface area contributed by atoms with Crippen LogP contribution in [0.4, 0.5) is 0 Å². The molecule has 1 rings (SSSR count). The molecule has 1 aliphatic heterocycles. The highest BCUT2D eigenvalue weighted by molar-refractivity contribution is 4.74. The van der Waals surface area contributed by atoms with Crippen LogP contribution in [0, 0.1) is 0 Å². The second-order valence-corrected chi connectivity index (χ2v) is 4.80. The van der Waals surface area contributed by atoms with Crippen LogP contribution in [0.3, 0.4) is 0 Å². The topological polar surface area (TPSA) is 35.5 Å². The van der Waals surface area contributed by atoms with Gasteiger partial charge in [0, 0.05) is 12.6 Å². The number of aliphatic hydroxyl groups excluding tert-OH is 1. The quantitative estimate of drug-likeness (QED) is 0.650. The highest BCUT2D eigenvalue weighted by atomic mass is 16.2. The molecule has 3 heteroatoms. The Labute approximate surface area is 100 Å². The van der Waals surface area contributed by atoms with Gasteiger partial charge in [0.05, 0.1) is 0 Å². The number of likely N-dealkylation sites (tertiary alicyclic amines) is 1. The van der Waals surface area contributed by atoms with Crippen molar-refractivity contribution in [2.75, 3.05) is 32.8 Å². The van der Waals surface area contributed by atoms with Crippen LogP contribution in [0.1, 0.15) is 45.4 Å². The van der Waals surface area contributed by atoms with Crippen LogP contribution in [0.5, 0.6) is 0 Å². The van der Waals surface area contributed by atoms with Gasteiger partial charge in [0.15, 0.2) is 0 Å². The standard InChI is InChI=1S/C13H28N2O/c1-2-15-10-6-7-13(8-11-15)14-9-4-3-5-12-16/h13-14,16H,2-12H2,1H3. The molecule has 0 aromatic carbocycles. The molecule has 0 aromatic rings. The largest absolute Gasteiger partial charge is 0.396 e. The summed E-state index contributed by atoms with van der Waals surface area (Å²) in [5.41, 5.74) is 0. The molecule has 1 heterocycles. The van der Waals surface area contributed by atoms with E-state index >= 15 is 0 Å². The van der Waals surface area contributed by atoms with Crippen LogP contribution in [0.25, 0.3) is 0 Å². The van der Waals surface area contributed by atoms with Gasteiger partial charge in [-0.2, -0.15) is 0 Å². The van der Waals surface area contributed by atoms with E-state index in [4.69, 9.17) is 5.11 Å². The molecule has 1 aliphatic rings. The zero-order chi connectivity index (χ0) is 11.6. The molecule has 1 atom stereocenters. The molecule has 0 radical (unpaired) electrons. The minimum absolute atomic E-state index is 0.342. The van der Waals surface area contributed by atoms with Crippen molar-refractivity contribution in [3.05, 3.63) is 0 Å². The number of hydrogen-bond acceptors (Lipinski definition) is 3. The Morgan fingerprint density at radius 2 is 2.06 bits per heavy atom. The van der Waals surface area contributed by atoms with E-state index in [1.54, 1.807) is 0 Å². The normalized spacial score (nSPS) is 23.2. The fraction of sp³-hybridized carbons (Fsp3) is 1.00. The van der Waals surface area contributed by atoms with Crippen molar-refractivity contribution in [3.63, 3.8) is 0 Å². The van der Waals surface area contributed by atoms with Gasteiger partial charge in [-0.15, -0.1) is 0 Å². The van der Waals surface area contributed by atoms with Crippen molar-refractivity contribution in [2.45, 2.75) is 51.5 Å². The van der Waals surface area contributed by atoms with E-state index in [1.165, 1.54) is 45.3 Å². The third-order valence-electron chi connectivity index (χ3n) is 3.54. The molecular formula is C13H28N2O. The predicted octanol–water partition coefficient (Wildman–Crippen LogP) is 1.61. The highest BCUT2D eigenvalue weighted by Crippen LogP contribution is 2.10. The van der Waals surface area contributed by atoms with Crippen LogP contribution >= 0.6 is 0 Å². The summed E-state index contributed by atoms with van der Waals surface area (Å²) in [5, 5.41) is 12.3. The maximum absolute atomic E-state index is 8.68. The molecule has 1 saturated heterocycles. The fourth-order valence-electron chi connectivity index (χ4n) is 2.40. The van der Waals surface area contributed by atoms with Gasteiger partial charge < -0.3 is 15.3 Å². The van der Waals surface area contributed by atoms with Gasteiger partial charge in [0.2, 0.25) is 0 Å². The average Bonchev–Trinajstić information content (AvgIpc) is 2.54. The number of nitrogens with zero attached hydrogens (tertiary/aromatic N) is 1. The third-order valence-corrected chi connectivity index (χ3v) is 3.54. The number of hydrogen-bond donors (Lipinski definition) is 2. The number of aliphatic hydroxyl groups is 1. The van der Waals surface area contributed by atoms with Crippen molar-refractivity contribution in [1.82, 2.24) is 10.2 Å². The number of unbranched alkanes of at least 4 members (excludes halogenated alkanes) is 2. The fourth-order valence-corrected chi connectivity index (χ4v) is 2.40. The summed E-state index contributed by atoms with van der Waals surface area (Å²) < 4.78 is 0. The first-order chi connectivity index (χ1) is 7.86. The molecule has 0 aromatic heterocycles. The zero-order valence-corrected chi connectivity index (χ0v) is 10.7. The Morgan fingerprint density at radius 3 is 2.81 bits per heavy atom. The molecule has 3 nitrogen and oxygen atoms in total. The minimum atomic E-state index is 0.342. The van der Waals surface area contributed by atoms with Crippen molar-refractivity contribution in [2.24, 2.45) is 0 Å². The van der Waals surface area contributed by atoms with Gasteiger partial charge >= 0.3 is 0 Å². The van der Waals surface area contributed by atoms with Gasteiger partial charge in [-0.3, -0.25) is 0 Å². The van der Waals surface area contributed by atoms with Crippen molar-refractivity contribution >= 4 is 0 Å². The van der Waals surface area contributed by atoms with E-state index in [9.17, 15) is 0 Å². The molecule has 1 unspecified atom stereocenters. The summed E-state index contributed by atoms with van der Waals surface area (Å²) in [4.78, 5) is 2.55. The Hall–Kier alpha value is -0.120. The molecule has 2 N–H and O–H groups in total. The first kappa shape index (κ1) is 13.9. The first-order valence-electron chi connectivity index (χ1n) is 6.93. The van der Waals surface area contributed by atoms with Gasteiger partial charge in [-0.25, -0.2) is 0 Å². The zero-order valence-electron chi connectivity index (χ0n) is 10.7. The molecule has 0 aliphatic carbocycles. The molecular weight excluding hydrogens is 200 g/mol. The highest BCUT2D eigenvalue weighted by Gasteiger charge is 2.14. The van der Waals surface area contributed by atoms with E-state index in [0.717, 1.165) is 25.4 Å². The SMILES string of the molecule is CCN1CCCC(NCCCCCO)CC1. The molecule has 16 heavy (non-hydrogen) atoms. The van der Waals surface area contributed by atoms with Crippen LogP contribution in [-0.4, -0.2) is 48.8 Å². The lowest BCUT2D eigenvalue weighted by Crippen LogP contribution is -2.31. The molecule has 96 valence electrons. The second kappa shape index (κ2) is 8.97. The Bertz CT molecular complexity index is 164. The van der Waals surface area contributed by atoms with E-state index in [-0.39, 0.29) is 0 Å². The minimum Gasteiger partial charge on any atom is -0.396 e. The Balaban J connectivity index is 2.03. The summed E-state index contributed by atoms with van der Waals surface area (Å²) in [6, 6.07) is 0.727. The van der Waals surface area contributed by atoms with Crippen molar-refractivity contribution < 1.29 is 5.11 Å². The molecule has 0 amide bonds. The molecule has 1 fully saturated rings. The lowest BCUT2D eigenvalue weighted by Gasteiger charge is -2.18. The summed E-state index contributed by atoms with van der Waals surface area (Å²) >= 11 is 0. The smallest absolute Gasteiger partial charge is 0.0431 e. The van der Waals surface area contributed by atoms with Crippen LogP contribution in [0.15, 0.2) is 0 Å².